The van der Waals surface area contributed by atoms with Gasteiger partial charge in [0.1, 0.15) is 0 Å². The van der Waals surface area contributed by atoms with Crippen LogP contribution < -0.4 is 11.1 Å². The average Bonchev–Trinajstić information content (AvgIpc) is 3.43. The van der Waals surface area contributed by atoms with Crippen LogP contribution >= 0.6 is 0 Å². The standard InChI is InChI=1S/C55H50N2/c56-52(40-18-4-1-2-5-19-40)36-53(41-20-6-3-7-21-41)57-37-38-17-14-22-39(34-33-38)42-23-15-24-43(35-42)44-28-16-32-51-54(44)47-27-10-13-31-50(47)55(51)48-29-11-8-25-45(48)46-26-9-12-30-49(46)55/h4,6,8-16,18-36,51-52,54,57H,1-3,5,7,17,37,56H2/b53-36-. The fraction of sp³-hybridized carbons (Fsp3) is 0.200. The van der Waals surface area contributed by atoms with Crippen molar-refractivity contribution in [2.75, 3.05) is 6.54 Å². The molecule has 6 aliphatic carbocycles. The van der Waals surface area contributed by atoms with Gasteiger partial charge in [0, 0.05) is 24.1 Å². The third-order valence-electron chi connectivity index (χ3n) is 13.0. The molecular formula is C55H50N2. The minimum atomic E-state index is -0.225. The largest absolute Gasteiger partial charge is 0.381 e. The monoisotopic (exact) mass is 738 g/mol. The molecule has 3 N–H and O–H groups in total. The molecule has 0 heterocycles. The van der Waals surface area contributed by atoms with Gasteiger partial charge in [-0.2, -0.15) is 0 Å². The van der Waals surface area contributed by atoms with Crippen LogP contribution in [0, 0.1) is 5.92 Å². The zero-order valence-electron chi connectivity index (χ0n) is 32.6. The molecule has 2 nitrogen and oxygen atoms in total. The van der Waals surface area contributed by atoms with Crippen molar-refractivity contribution in [3.8, 4) is 11.1 Å². The van der Waals surface area contributed by atoms with Crippen LogP contribution in [0.2, 0.25) is 0 Å². The Labute approximate surface area is 338 Å². The number of allylic oxidation sites excluding steroid dienone is 14. The molecule has 57 heavy (non-hydrogen) atoms. The number of hydrogen-bond acceptors (Lipinski definition) is 2. The second kappa shape index (κ2) is 15.2. The van der Waals surface area contributed by atoms with Crippen molar-refractivity contribution < 1.29 is 0 Å². The minimum Gasteiger partial charge on any atom is -0.381 e. The summed E-state index contributed by atoms with van der Waals surface area (Å²) in [6.07, 6.45) is 38.7. The van der Waals surface area contributed by atoms with E-state index in [1.807, 2.05) is 0 Å². The zero-order chi connectivity index (χ0) is 38.2. The van der Waals surface area contributed by atoms with Crippen molar-refractivity contribution in [2.24, 2.45) is 11.7 Å². The molecule has 0 bridgehead atoms. The molecule has 3 unspecified atom stereocenters. The molecule has 2 heteroatoms. The maximum Gasteiger partial charge on any atom is 0.0538 e. The normalized spacial score (nSPS) is 21.8. The van der Waals surface area contributed by atoms with E-state index >= 15 is 0 Å². The summed E-state index contributed by atoms with van der Waals surface area (Å²) in [5.74, 6) is 0.517. The van der Waals surface area contributed by atoms with Crippen LogP contribution in [0.5, 0.6) is 0 Å². The van der Waals surface area contributed by atoms with Gasteiger partial charge in [-0.15, -0.1) is 0 Å². The van der Waals surface area contributed by atoms with E-state index in [0.717, 1.165) is 44.3 Å². The van der Waals surface area contributed by atoms with Crippen molar-refractivity contribution in [1.82, 2.24) is 5.32 Å². The highest BCUT2D eigenvalue weighted by Gasteiger charge is 2.58. The first-order valence-electron chi connectivity index (χ1n) is 21.0. The molecule has 6 aliphatic rings. The predicted octanol–water partition coefficient (Wildman–Crippen LogP) is 12.4. The van der Waals surface area contributed by atoms with E-state index in [1.165, 1.54) is 78.8 Å². The quantitative estimate of drug-likeness (QED) is 0.189. The minimum absolute atomic E-state index is 0.141. The Balaban J connectivity index is 0.942. The van der Waals surface area contributed by atoms with E-state index in [4.69, 9.17) is 5.73 Å². The van der Waals surface area contributed by atoms with Crippen molar-refractivity contribution in [3.63, 3.8) is 0 Å². The number of benzene rings is 4. The highest BCUT2D eigenvalue weighted by atomic mass is 14.9. The van der Waals surface area contributed by atoms with E-state index in [2.05, 4.69) is 187 Å². The van der Waals surface area contributed by atoms with E-state index in [0.29, 0.717) is 0 Å². The fourth-order valence-electron chi connectivity index (χ4n) is 10.4. The van der Waals surface area contributed by atoms with Crippen molar-refractivity contribution in [2.45, 2.75) is 55.9 Å². The van der Waals surface area contributed by atoms with Gasteiger partial charge in [-0.3, -0.25) is 0 Å². The lowest BCUT2D eigenvalue weighted by Gasteiger charge is -2.37. The van der Waals surface area contributed by atoms with Crippen molar-refractivity contribution >= 4 is 11.1 Å². The lowest BCUT2D eigenvalue weighted by molar-refractivity contribution is 0.472. The fourth-order valence-corrected chi connectivity index (χ4v) is 10.4. The molecule has 0 saturated carbocycles. The van der Waals surface area contributed by atoms with E-state index < -0.39 is 0 Å². The first kappa shape index (κ1) is 35.5. The lowest BCUT2D eigenvalue weighted by atomic mass is 9.64. The van der Waals surface area contributed by atoms with E-state index in [-0.39, 0.29) is 23.3 Å². The Morgan fingerprint density at radius 1 is 0.719 bits per heavy atom. The molecule has 0 amide bonds. The maximum absolute atomic E-state index is 6.80. The van der Waals surface area contributed by atoms with Gasteiger partial charge in [-0.25, -0.2) is 0 Å². The van der Waals surface area contributed by atoms with Crippen LogP contribution in [0.15, 0.2) is 205 Å². The summed E-state index contributed by atoms with van der Waals surface area (Å²) in [6, 6.07) is 36.6. The average molecular weight is 739 g/mol. The summed E-state index contributed by atoms with van der Waals surface area (Å²) in [5.41, 5.74) is 25.1. The van der Waals surface area contributed by atoms with Gasteiger partial charge in [-0.1, -0.05) is 170 Å². The molecule has 0 saturated heterocycles. The highest BCUT2D eigenvalue weighted by Crippen LogP contribution is 2.67. The molecule has 1 spiro atoms. The molecule has 0 aliphatic heterocycles. The van der Waals surface area contributed by atoms with Gasteiger partial charge in [0.05, 0.1) is 11.5 Å². The van der Waals surface area contributed by atoms with Crippen LogP contribution in [0.25, 0.3) is 22.3 Å². The molecule has 4 aromatic rings. The Morgan fingerprint density at radius 3 is 2.32 bits per heavy atom. The summed E-state index contributed by atoms with van der Waals surface area (Å²) < 4.78 is 0. The molecule has 280 valence electrons. The Bertz CT molecular complexity index is 2510. The van der Waals surface area contributed by atoms with Crippen LogP contribution in [0.1, 0.15) is 77.8 Å². The van der Waals surface area contributed by atoms with E-state index in [1.54, 1.807) is 0 Å². The summed E-state index contributed by atoms with van der Waals surface area (Å²) in [6.45, 7) is 0.766. The lowest BCUT2D eigenvalue weighted by Crippen LogP contribution is -2.33. The Kier molecular flexibility index (Phi) is 9.44. The molecule has 0 fully saturated rings. The SMILES string of the molecule is NC(/C=C(\NCC1=CC=C(c2cccc(C3=CC=CC4C3c3ccccc3C43c4ccccc4-c4ccccc43)c2)C=CC1)C1=CCCC=C1)C1=CCCCC=C1. The van der Waals surface area contributed by atoms with Gasteiger partial charge in [-0.05, 0) is 123 Å². The van der Waals surface area contributed by atoms with Gasteiger partial charge >= 0.3 is 0 Å². The first-order chi connectivity index (χ1) is 28.2. The van der Waals surface area contributed by atoms with Gasteiger partial charge in [0.15, 0.2) is 0 Å². The summed E-state index contributed by atoms with van der Waals surface area (Å²) in [4.78, 5) is 0. The second-order valence-electron chi connectivity index (χ2n) is 16.3. The number of fused-ring (bicyclic) bond motifs is 10. The molecule has 0 radical (unpaired) electrons. The topological polar surface area (TPSA) is 38.0 Å². The smallest absolute Gasteiger partial charge is 0.0538 e. The maximum atomic E-state index is 6.80. The summed E-state index contributed by atoms with van der Waals surface area (Å²) in [7, 11) is 0. The molecule has 10 rings (SSSR count). The molecule has 3 atom stereocenters. The first-order valence-corrected chi connectivity index (χ1v) is 21.0. The van der Waals surface area contributed by atoms with Crippen LogP contribution in [0.3, 0.4) is 0 Å². The third-order valence-corrected chi connectivity index (χ3v) is 13.0. The highest BCUT2D eigenvalue weighted by molar-refractivity contribution is 5.89. The van der Waals surface area contributed by atoms with E-state index in [9.17, 15) is 0 Å². The Morgan fingerprint density at radius 2 is 1.49 bits per heavy atom. The van der Waals surface area contributed by atoms with Crippen LogP contribution in [-0.4, -0.2) is 12.6 Å². The second-order valence-corrected chi connectivity index (χ2v) is 16.3. The van der Waals surface area contributed by atoms with Gasteiger partial charge < -0.3 is 11.1 Å². The number of rotatable bonds is 8. The van der Waals surface area contributed by atoms with Gasteiger partial charge in [0.2, 0.25) is 0 Å². The van der Waals surface area contributed by atoms with Crippen LogP contribution in [-0.2, 0) is 5.41 Å². The van der Waals surface area contributed by atoms with Gasteiger partial charge in [0.25, 0.3) is 0 Å². The van der Waals surface area contributed by atoms with Crippen molar-refractivity contribution in [3.05, 3.63) is 238 Å². The number of nitrogens with one attached hydrogen (secondary N) is 1. The molecular weight excluding hydrogens is 689 g/mol. The molecule has 0 aromatic heterocycles. The number of nitrogens with two attached hydrogens (primary N) is 1. The third kappa shape index (κ3) is 6.24. The summed E-state index contributed by atoms with van der Waals surface area (Å²) >= 11 is 0. The summed E-state index contributed by atoms with van der Waals surface area (Å²) in [5, 5.41) is 3.81. The van der Waals surface area contributed by atoms with Crippen LogP contribution in [0.4, 0.5) is 0 Å². The van der Waals surface area contributed by atoms with Crippen molar-refractivity contribution in [1.29, 1.82) is 0 Å². The predicted molar refractivity (Wildman–Crippen MR) is 239 cm³/mol. The Hall–Kier alpha value is -5.96. The zero-order valence-corrected chi connectivity index (χ0v) is 32.6. The molecule has 4 aromatic carbocycles. The number of hydrogen-bond donors (Lipinski definition) is 2.